The largest absolute Gasteiger partial charge is 0.387 e. The topological polar surface area (TPSA) is 20.2 Å². The maximum Gasteiger partial charge on any atom is 0.0883 e. The Balaban J connectivity index is 2.39. The molecule has 0 bridgehead atoms. The monoisotopic (exact) mass is 240 g/mol. The number of hydrogen-bond donors (Lipinski definition) is 1. The van der Waals surface area contributed by atoms with Crippen LogP contribution >= 0.6 is 0 Å². The van der Waals surface area contributed by atoms with E-state index in [4.69, 9.17) is 0 Å². The fourth-order valence-electron chi connectivity index (χ4n) is 2.38. The summed E-state index contributed by atoms with van der Waals surface area (Å²) in [5.41, 5.74) is 1.91. The van der Waals surface area contributed by atoms with E-state index >= 15 is 0 Å². The number of benzene rings is 2. The molecule has 18 heavy (non-hydrogen) atoms. The molecule has 0 spiro atoms. The molecule has 0 amide bonds. The smallest absolute Gasteiger partial charge is 0.0883 e. The van der Waals surface area contributed by atoms with Gasteiger partial charge < -0.3 is 5.11 Å². The Morgan fingerprint density at radius 2 is 1.44 bits per heavy atom. The molecule has 0 saturated heterocycles. The number of aliphatic hydroxyl groups excluding tert-OH is 1. The predicted molar refractivity (Wildman–Crippen MR) is 75.5 cm³/mol. The van der Waals surface area contributed by atoms with Crippen molar-refractivity contribution in [3.05, 3.63) is 71.8 Å². The molecule has 2 rings (SSSR count). The zero-order chi connectivity index (χ0) is 13.0. The Bertz CT molecular complexity index is 477. The van der Waals surface area contributed by atoms with Gasteiger partial charge in [0.25, 0.3) is 0 Å². The molecular formula is C17H20O. The molecule has 0 heterocycles. The Morgan fingerprint density at radius 3 is 1.94 bits per heavy atom. The molecule has 2 aromatic rings. The van der Waals surface area contributed by atoms with Crippen molar-refractivity contribution in [3.63, 3.8) is 0 Å². The van der Waals surface area contributed by atoms with Gasteiger partial charge in [-0.25, -0.2) is 0 Å². The van der Waals surface area contributed by atoms with Crippen LogP contribution < -0.4 is 0 Å². The molecule has 0 saturated carbocycles. The summed E-state index contributed by atoms with van der Waals surface area (Å²) in [6.07, 6.45) is 0.415. The highest BCUT2D eigenvalue weighted by molar-refractivity contribution is 5.31. The van der Waals surface area contributed by atoms with Crippen molar-refractivity contribution in [2.45, 2.75) is 31.8 Å². The second kappa shape index (κ2) is 5.36. The van der Waals surface area contributed by atoms with E-state index in [1.54, 1.807) is 0 Å². The van der Waals surface area contributed by atoms with Gasteiger partial charge >= 0.3 is 0 Å². The molecule has 0 aliphatic rings. The first-order chi connectivity index (χ1) is 8.68. The zero-order valence-corrected chi connectivity index (χ0v) is 11.0. The first kappa shape index (κ1) is 12.8. The third kappa shape index (κ3) is 2.32. The van der Waals surface area contributed by atoms with E-state index < -0.39 is 6.10 Å². The third-order valence-corrected chi connectivity index (χ3v) is 3.89. The normalized spacial score (nSPS) is 15.9. The summed E-state index contributed by atoms with van der Waals surface area (Å²) in [5, 5.41) is 10.7. The van der Waals surface area contributed by atoms with E-state index in [0.717, 1.165) is 12.0 Å². The van der Waals surface area contributed by atoms with Crippen LogP contribution in [0.15, 0.2) is 60.7 Å². The van der Waals surface area contributed by atoms with Crippen molar-refractivity contribution in [1.29, 1.82) is 0 Å². The highest BCUT2D eigenvalue weighted by Gasteiger charge is 2.33. The summed E-state index contributed by atoms with van der Waals surface area (Å²) >= 11 is 0. The van der Waals surface area contributed by atoms with Crippen LogP contribution in [-0.2, 0) is 5.41 Å². The summed E-state index contributed by atoms with van der Waals surface area (Å²) < 4.78 is 0. The van der Waals surface area contributed by atoms with Crippen LogP contribution in [0, 0.1) is 0 Å². The molecule has 1 unspecified atom stereocenters. The van der Waals surface area contributed by atoms with Gasteiger partial charge in [0, 0.05) is 5.41 Å². The van der Waals surface area contributed by atoms with E-state index in [9.17, 15) is 5.11 Å². The van der Waals surface area contributed by atoms with Crippen molar-refractivity contribution in [1.82, 2.24) is 0 Å². The number of rotatable bonds is 4. The van der Waals surface area contributed by atoms with Gasteiger partial charge in [0.2, 0.25) is 0 Å². The zero-order valence-electron chi connectivity index (χ0n) is 11.0. The van der Waals surface area contributed by atoms with Crippen LogP contribution in [-0.4, -0.2) is 5.11 Å². The van der Waals surface area contributed by atoms with Gasteiger partial charge in [0.05, 0.1) is 6.10 Å². The van der Waals surface area contributed by atoms with E-state index in [1.165, 1.54) is 5.56 Å². The second-order valence-corrected chi connectivity index (χ2v) is 4.95. The Hall–Kier alpha value is -1.60. The minimum atomic E-state index is -0.480. The van der Waals surface area contributed by atoms with Crippen molar-refractivity contribution in [3.8, 4) is 0 Å². The summed E-state index contributed by atoms with van der Waals surface area (Å²) in [4.78, 5) is 0. The lowest BCUT2D eigenvalue weighted by Gasteiger charge is -2.34. The lowest BCUT2D eigenvalue weighted by Crippen LogP contribution is -2.29. The van der Waals surface area contributed by atoms with Gasteiger partial charge in [-0.3, -0.25) is 0 Å². The standard InChI is InChI=1S/C17H20O/c1-3-17(2,15-12-8-5-9-13-15)16(18)14-10-6-4-7-11-14/h4-13,16,18H,3H2,1-2H3/t16?,17-/m1/s1. The van der Waals surface area contributed by atoms with Gasteiger partial charge in [-0.15, -0.1) is 0 Å². The van der Waals surface area contributed by atoms with Crippen molar-refractivity contribution in [2.24, 2.45) is 0 Å². The minimum Gasteiger partial charge on any atom is -0.387 e. The van der Waals surface area contributed by atoms with E-state index in [2.05, 4.69) is 26.0 Å². The van der Waals surface area contributed by atoms with Gasteiger partial charge in [0.15, 0.2) is 0 Å². The lowest BCUT2D eigenvalue weighted by atomic mass is 9.73. The first-order valence-electron chi connectivity index (χ1n) is 6.47. The van der Waals surface area contributed by atoms with Crippen molar-refractivity contribution in [2.75, 3.05) is 0 Å². The van der Waals surface area contributed by atoms with Crippen LogP contribution in [0.5, 0.6) is 0 Å². The summed E-state index contributed by atoms with van der Waals surface area (Å²) in [5.74, 6) is 0. The molecule has 1 N–H and O–H groups in total. The quantitative estimate of drug-likeness (QED) is 0.853. The predicted octanol–water partition coefficient (Wildman–Crippen LogP) is 4.09. The molecule has 0 radical (unpaired) electrons. The molecular weight excluding hydrogens is 220 g/mol. The van der Waals surface area contributed by atoms with Gasteiger partial charge in [-0.05, 0) is 17.5 Å². The fourth-order valence-corrected chi connectivity index (χ4v) is 2.38. The summed E-state index contributed by atoms with van der Waals surface area (Å²) in [6, 6.07) is 20.1. The number of aliphatic hydroxyl groups is 1. The average Bonchev–Trinajstić information content (AvgIpc) is 2.47. The highest BCUT2D eigenvalue weighted by Crippen LogP contribution is 2.39. The lowest BCUT2D eigenvalue weighted by molar-refractivity contribution is 0.0869. The summed E-state index contributed by atoms with van der Waals surface area (Å²) in [7, 11) is 0. The minimum absolute atomic E-state index is 0.247. The number of hydrogen-bond acceptors (Lipinski definition) is 1. The van der Waals surface area contributed by atoms with Crippen molar-refractivity contribution >= 4 is 0 Å². The molecule has 0 fully saturated rings. The molecule has 1 nitrogen and oxygen atoms in total. The van der Waals surface area contributed by atoms with Crippen LogP contribution in [0.25, 0.3) is 0 Å². The van der Waals surface area contributed by atoms with Crippen LogP contribution in [0.1, 0.15) is 37.5 Å². The summed E-state index contributed by atoms with van der Waals surface area (Å²) in [6.45, 7) is 4.25. The van der Waals surface area contributed by atoms with Crippen LogP contribution in [0.3, 0.4) is 0 Å². The third-order valence-electron chi connectivity index (χ3n) is 3.89. The Labute approximate surface area is 109 Å². The molecule has 0 aliphatic heterocycles. The van der Waals surface area contributed by atoms with E-state index in [1.807, 2.05) is 48.5 Å². The maximum absolute atomic E-state index is 10.7. The second-order valence-electron chi connectivity index (χ2n) is 4.95. The highest BCUT2D eigenvalue weighted by atomic mass is 16.3. The van der Waals surface area contributed by atoms with E-state index in [0.29, 0.717) is 0 Å². The molecule has 2 atom stereocenters. The fraction of sp³-hybridized carbons (Fsp3) is 0.294. The molecule has 1 heteroatoms. The van der Waals surface area contributed by atoms with Crippen molar-refractivity contribution < 1.29 is 5.11 Å². The first-order valence-corrected chi connectivity index (χ1v) is 6.47. The molecule has 0 aromatic heterocycles. The van der Waals surface area contributed by atoms with Crippen LogP contribution in [0.2, 0.25) is 0 Å². The van der Waals surface area contributed by atoms with E-state index in [-0.39, 0.29) is 5.41 Å². The molecule has 2 aromatic carbocycles. The van der Waals surface area contributed by atoms with Gasteiger partial charge in [-0.1, -0.05) is 74.5 Å². The van der Waals surface area contributed by atoms with Gasteiger partial charge in [-0.2, -0.15) is 0 Å². The van der Waals surface area contributed by atoms with Gasteiger partial charge in [0.1, 0.15) is 0 Å². The molecule has 94 valence electrons. The molecule has 0 aliphatic carbocycles. The average molecular weight is 240 g/mol. The maximum atomic E-state index is 10.7. The Kier molecular flexibility index (Phi) is 3.83. The Morgan fingerprint density at radius 1 is 0.944 bits per heavy atom. The van der Waals surface area contributed by atoms with Crippen LogP contribution in [0.4, 0.5) is 0 Å². The SMILES string of the molecule is CC[C@](C)(c1ccccc1)C(O)c1ccccc1.